The first-order valence-corrected chi connectivity index (χ1v) is 5.10. The van der Waals surface area contributed by atoms with Crippen molar-refractivity contribution in [3.8, 4) is 0 Å². The van der Waals surface area contributed by atoms with Gasteiger partial charge < -0.3 is 15.8 Å². The van der Waals surface area contributed by atoms with Gasteiger partial charge >= 0.3 is 5.97 Å². The SMILES string of the molecule is CCOC(=O)CNc1nc(N)cc(Br)n1. The van der Waals surface area contributed by atoms with Gasteiger partial charge in [-0.1, -0.05) is 0 Å². The summed E-state index contributed by atoms with van der Waals surface area (Å²) >= 11 is 3.16. The van der Waals surface area contributed by atoms with E-state index >= 15 is 0 Å². The largest absolute Gasteiger partial charge is 0.465 e. The molecule has 0 radical (unpaired) electrons. The Morgan fingerprint density at radius 2 is 2.40 bits per heavy atom. The molecule has 0 aromatic carbocycles. The van der Waals surface area contributed by atoms with Crippen molar-refractivity contribution in [2.45, 2.75) is 6.92 Å². The maximum atomic E-state index is 11.0. The fourth-order valence-electron chi connectivity index (χ4n) is 0.877. The van der Waals surface area contributed by atoms with Crippen molar-refractivity contribution in [2.24, 2.45) is 0 Å². The lowest BCUT2D eigenvalue weighted by Gasteiger charge is -2.05. The second-order valence-corrected chi connectivity index (χ2v) is 3.41. The molecule has 0 saturated carbocycles. The molecule has 1 heterocycles. The van der Waals surface area contributed by atoms with Gasteiger partial charge in [0.1, 0.15) is 17.0 Å². The average molecular weight is 275 g/mol. The smallest absolute Gasteiger partial charge is 0.325 e. The molecule has 1 aromatic rings. The van der Waals surface area contributed by atoms with Gasteiger partial charge in [-0.3, -0.25) is 4.79 Å². The summed E-state index contributed by atoms with van der Waals surface area (Å²) in [6.45, 7) is 2.11. The molecule has 0 unspecified atom stereocenters. The van der Waals surface area contributed by atoms with E-state index in [1.807, 2.05) is 0 Å². The molecule has 0 bridgehead atoms. The van der Waals surface area contributed by atoms with E-state index in [1.165, 1.54) is 0 Å². The van der Waals surface area contributed by atoms with Gasteiger partial charge in [0.2, 0.25) is 5.95 Å². The van der Waals surface area contributed by atoms with Crippen molar-refractivity contribution in [3.63, 3.8) is 0 Å². The first-order valence-electron chi connectivity index (χ1n) is 4.31. The summed E-state index contributed by atoms with van der Waals surface area (Å²) in [6, 6.07) is 1.57. The summed E-state index contributed by atoms with van der Waals surface area (Å²) in [5, 5.41) is 2.70. The van der Waals surface area contributed by atoms with Crippen molar-refractivity contribution in [1.29, 1.82) is 0 Å². The normalized spacial score (nSPS) is 9.73. The molecule has 82 valence electrons. The van der Waals surface area contributed by atoms with E-state index < -0.39 is 0 Å². The Morgan fingerprint density at radius 1 is 1.67 bits per heavy atom. The molecule has 0 aliphatic heterocycles. The number of hydrogen-bond acceptors (Lipinski definition) is 6. The molecule has 6 nitrogen and oxygen atoms in total. The predicted octanol–water partition coefficient (Wildman–Crippen LogP) is 0.796. The van der Waals surface area contributed by atoms with Gasteiger partial charge in [0.15, 0.2) is 0 Å². The highest BCUT2D eigenvalue weighted by molar-refractivity contribution is 9.10. The third-order valence-electron chi connectivity index (χ3n) is 1.41. The molecular formula is C8H11BrN4O2. The Kier molecular flexibility index (Phi) is 4.29. The minimum absolute atomic E-state index is 0.0176. The number of carbonyl (C=O) groups is 1. The molecule has 0 aliphatic rings. The zero-order valence-corrected chi connectivity index (χ0v) is 9.74. The highest BCUT2D eigenvalue weighted by atomic mass is 79.9. The van der Waals surface area contributed by atoms with Crippen LogP contribution in [0.4, 0.5) is 11.8 Å². The number of aromatic nitrogens is 2. The monoisotopic (exact) mass is 274 g/mol. The lowest BCUT2D eigenvalue weighted by atomic mass is 10.6. The van der Waals surface area contributed by atoms with Crippen LogP contribution in [0.5, 0.6) is 0 Å². The molecule has 0 atom stereocenters. The van der Waals surface area contributed by atoms with E-state index in [9.17, 15) is 4.79 Å². The molecule has 0 amide bonds. The van der Waals surface area contributed by atoms with Crippen molar-refractivity contribution in [3.05, 3.63) is 10.7 Å². The lowest BCUT2D eigenvalue weighted by Crippen LogP contribution is -2.18. The van der Waals surface area contributed by atoms with Crippen LogP contribution in [-0.4, -0.2) is 29.1 Å². The molecule has 15 heavy (non-hydrogen) atoms. The summed E-state index contributed by atoms with van der Waals surface area (Å²) in [5.74, 6) is 0.248. The van der Waals surface area contributed by atoms with E-state index in [-0.39, 0.29) is 18.5 Å². The molecule has 0 saturated heterocycles. The quantitative estimate of drug-likeness (QED) is 0.624. The minimum Gasteiger partial charge on any atom is -0.465 e. The molecule has 0 fully saturated rings. The van der Waals surface area contributed by atoms with Crippen molar-refractivity contribution in [1.82, 2.24) is 9.97 Å². The van der Waals surface area contributed by atoms with Gasteiger partial charge in [-0.15, -0.1) is 0 Å². The molecular weight excluding hydrogens is 264 g/mol. The van der Waals surface area contributed by atoms with Crippen LogP contribution in [0.1, 0.15) is 6.92 Å². The zero-order valence-electron chi connectivity index (χ0n) is 8.16. The third kappa shape index (κ3) is 4.11. The van der Waals surface area contributed by atoms with Crippen LogP contribution in [0.3, 0.4) is 0 Å². The Balaban J connectivity index is 2.54. The van der Waals surface area contributed by atoms with Crippen LogP contribution in [0.15, 0.2) is 10.7 Å². The number of rotatable bonds is 4. The van der Waals surface area contributed by atoms with Gasteiger partial charge in [-0.05, 0) is 22.9 Å². The number of esters is 1. The number of ether oxygens (including phenoxy) is 1. The first-order chi connectivity index (χ1) is 7.11. The molecule has 1 rings (SSSR count). The maximum absolute atomic E-state index is 11.0. The van der Waals surface area contributed by atoms with Crippen molar-refractivity contribution >= 4 is 33.7 Å². The van der Waals surface area contributed by atoms with E-state index in [0.717, 1.165) is 0 Å². The van der Waals surface area contributed by atoms with Crippen molar-refractivity contribution < 1.29 is 9.53 Å². The Bertz CT molecular complexity index is 338. The summed E-state index contributed by atoms with van der Waals surface area (Å²) in [5.41, 5.74) is 5.49. The molecule has 7 heteroatoms. The van der Waals surface area contributed by atoms with Crippen LogP contribution >= 0.6 is 15.9 Å². The lowest BCUT2D eigenvalue weighted by molar-refractivity contribution is -0.140. The van der Waals surface area contributed by atoms with Gasteiger partial charge in [-0.25, -0.2) is 4.98 Å². The standard InChI is InChI=1S/C8H11BrN4O2/c1-2-15-7(14)4-11-8-12-5(9)3-6(10)13-8/h3H,2,4H2,1H3,(H3,10,11,12,13). The topological polar surface area (TPSA) is 90.1 Å². The summed E-state index contributed by atoms with van der Waals surface area (Å²) in [7, 11) is 0. The van der Waals surface area contributed by atoms with Crippen LogP contribution in [0, 0.1) is 0 Å². The van der Waals surface area contributed by atoms with Crippen LogP contribution < -0.4 is 11.1 Å². The Morgan fingerprint density at radius 3 is 3.00 bits per heavy atom. The molecule has 3 N–H and O–H groups in total. The van der Waals surface area contributed by atoms with Gasteiger partial charge in [0.25, 0.3) is 0 Å². The van der Waals surface area contributed by atoms with E-state index in [4.69, 9.17) is 10.5 Å². The zero-order chi connectivity index (χ0) is 11.3. The van der Waals surface area contributed by atoms with Gasteiger partial charge in [-0.2, -0.15) is 4.98 Å². The molecule has 0 spiro atoms. The molecule has 0 aliphatic carbocycles. The number of halogens is 1. The summed E-state index contributed by atoms with van der Waals surface area (Å²) in [6.07, 6.45) is 0. The van der Waals surface area contributed by atoms with Gasteiger partial charge in [0, 0.05) is 6.07 Å². The number of anilines is 2. The van der Waals surface area contributed by atoms with Gasteiger partial charge in [0.05, 0.1) is 6.61 Å². The highest BCUT2D eigenvalue weighted by Crippen LogP contribution is 2.11. The number of nitrogens with two attached hydrogens (primary N) is 1. The number of nitrogen functional groups attached to an aromatic ring is 1. The Labute approximate surface area is 95.4 Å². The summed E-state index contributed by atoms with van der Waals surface area (Å²) in [4.78, 5) is 18.9. The van der Waals surface area contributed by atoms with E-state index in [2.05, 4.69) is 31.2 Å². The maximum Gasteiger partial charge on any atom is 0.325 e. The van der Waals surface area contributed by atoms with Crippen LogP contribution in [0.2, 0.25) is 0 Å². The minimum atomic E-state index is -0.361. The van der Waals surface area contributed by atoms with Crippen LogP contribution in [-0.2, 0) is 9.53 Å². The second-order valence-electron chi connectivity index (χ2n) is 2.60. The fourth-order valence-corrected chi connectivity index (χ4v) is 1.28. The number of nitrogens with one attached hydrogen (secondary N) is 1. The fraction of sp³-hybridized carbons (Fsp3) is 0.375. The number of carbonyl (C=O) groups excluding carboxylic acids is 1. The highest BCUT2D eigenvalue weighted by Gasteiger charge is 2.04. The third-order valence-corrected chi connectivity index (χ3v) is 1.82. The van der Waals surface area contributed by atoms with E-state index in [0.29, 0.717) is 17.0 Å². The number of nitrogens with zero attached hydrogens (tertiary/aromatic N) is 2. The van der Waals surface area contributed by atoms with Crippen molar-refractivity contribution in [2.75, 3.05) is 24.2 Å². The Hall–Kier alpha value is -1.37. The first kappa shape index (κ1) is 11.7. The van der Waals surface area contributed by atoms with Crippen LogP contribution in [0.25, 0.3) is 0 Å². The predicted molar refractivity (Wildman–Crippen MR) is 59.3 cm³/mol. The second kappa shape index (κ2) is 5.50. The number of hydrogen-bond donors (Lipinski definition) is 2. The molecule has 1 aromatic heterocycles. The summed E-state index contributed by atoms with van der Waals surface area (Å²) < 4.78 is 5.28. The average Bonchev–Trinajstić information content (AvgIpc) is 2.14. The van der Waals surface area contributed by atoms with E-state index in [1.54, 1.807) is 13.0 Å².